The number of unbranched alkanes of at least 4 members (excludes halogenated alkanes) is 7. The van der Waals surface area contributed by atoms with E-state index in [0.717, 1.165) is 105 Å². The number of amides is 2. The molecule has 68 heavy (non-hydrogen) atoms. The van der Waals surface area contributed by atoms with Crippen molar-refractivity contribution < 1.29 is 19.5 Å². The second kappa shape index (κ2) is 25.5. The van der Waals surface area contributed by atoms with Crippen LogP contribution < -0.4 is 10.6 Å². The Morgan fingerprint density at radius 1 is 0.441 bits per heavy atom. The third kappa shape index (κ3) is 13.9. The van der Waals surface area contributed by atoms with Crippen LogP contribution in [0, 0.1) is 0 Å². The van der Waals surface area contributed by atoms with Crippen molar-refractivity contribution in [3.05, 3.63) is 181 Å². The molecule has 14 nitrogen and oxygen atoms in total. The molecule has 8 rings (SSSR count). The lowest BCUT2D eigenvalue weighted by molar-refractivity contribution is 0.0697. The van der Waals surface area contributed by atoms with Crippen molar-refractivity contribution in [2.75, 3.05) is 13.1 Å². The minimum Gasteiger partial charge on any atom is -0.478 e. The number of aromatic nitrogens is 8. The van der Waals surface area contributed by atoms with Crippen LogP contribution in [-0.2, 0) is 13.1 Å². The average Bonchev–Trinajstić information content (AvgIpc) is 4.08. The summed E-state index contributed by atoms with van der Waals surface area (Å²) in [4.78, 5) is 45.4. The number of hydrogen-bond acceptors (Lipinski definition) is 9. The van der Waals surface area contributed by atoms with E-state index in [1.54, 1.807) is 67.3 Å². The number of hydrogen-bond donors (Lipinski definition) is 3. The van der Waals surface area contributed by atoms with Crippen molar-refractivity contribution in [1.82, 2.24) is 50.6 Å². The quantitative estimate of drug-likeness (QED) is 0.0554. The molecule has 0 radical (unpaired) electrons. The average molecular weight is 909 g/mol. The summed E-state index contributed by atoms with van der Waals surface area (Å²) < 4.78 is 3.74. The minimum absolute atomic E-state index is 0.0185. The molecular weight excluding hydrogens is 853 g/mol. The largest absolute Gasteiger partial charge is 0.478 e. The Labute approximate surface area is 396 Å². The molecule has 0 saturated heterocycles. The van der Waals surface area contributed by atoms with Gasteiger partial charge in [-0.3, -0.25) is 28.9 Å². The SMILES string of the molecule is O=C(NCCCCCCn1cc(-c2cccnc2)nn1)c1ccccc1-c1ccccc1.O=C(O)c1ccccc1-c1ccccc1C(=O)NCCCCCCCn1cc(-c2cccnc2)nn1. The molecule has 0 aliphatic heterocycles. The number of rotatable bonds is 22. The highest BCUT2D eigenvalue weighted by atomic mass is 16.4. The van der Waals surface area contributed by atoms with Crippen molar-refractivity contribution in [2.45, 2.75) is 70.9 Å². The molecule has 0 aliphatic carbocycles. The van der Waals surface area contributed by atoms with Gasteiger partial charge in [-0.25, -0.2) is 4.79 Å². The van der Waals surface area contributed by atoms with E-state index in [0.29, 0.717) is 35.3 Å². The molecule has 14 heteroatoms. The second-order valence-electron chi connectivity index (χ2n) is 16.2. The Kier molecular flexibility index (Phi) is 18.0. The summed E-state index contributed by atoms with van der Waals surface area (Å²) in [6.07, 6.45) is 20.1. The Morgan fingerprint density at radius 3 is 1.35 bits per heavy atom. The molecule has 346 valence electrons. The number of aromatic carboxylic acids is 1. The summed E-state index contributed by atoms with van der Waals surface area (Å²) in [5.74, 6) is -1.23. The van der Waals surface area contributed by atoms with E-state index < -0.39 is 5.97 Å². The topological polar surface area (TPSA) is 183 Å². The summed E-state index contributed by atoms with van der Waals surface area (Å²) in [6, 6.07) is 39.3. The number of nitrogens with zero attached hydrogens (tertiary/aromatic N) is 8. The molecule has 4 aromatic heterocycles. The predicted molar refractivity (Wildman–Crippen MR) is 263 cm³/mol. The fourth-order valence-corrected chi connectivity index (χ4v) is 7.76. The molecule has 0 aliphatic rings. The summed E-state index contributed by atoms with van der Waals surface area (Å²) in [5, 5.41) is 32.4. The van der Waals surface area contributed by atoms with Crippen molar-refractivity contribution in [2.24, 2.45) is 0 Å². The van der Waals surface area contributed by atoms with Gasteiger partial charge in [0.2, 0.25) is 0 Å². The lowest BCUT2D eigenvalue weighted by atomic mass is 9.95. The van der Waals surface area contributed by atoms with Gasteiger partial charge in [0.05, 0.1) is 18.0 Å². The van der Waals surface area contributed by atoms with Crippen LogP contribution in [0.4, 0.5) is 0 Å². The smallest absolute Gasteiger partial charge is 0.336 e. The van der Waals surface area contributed by atoms with Crippen molar-refractivity contribution in [3.63, 3.8) is 0 Å². The van der Waals surface area contributed by atoms with E-state index in [9.17, 15) is 19.5 Å². The van der Waals surface area contributed by atoms with Gasteiger partial charge >= 0.3 is 5.97 Å². The highest BCUT2D eigenvalue weighted by molar-refractivity contribution is 6.04. The number of pyridine rings is 2. The molecule has 0 fully saturated rings. The maximum Gasteiger partial charge on any atom is 0.336 e. The van der Waals surface area contributed by atoms with E-state index in [2.05, 4.69) is 41.2 Å². The first kappa shape index (κ1) is 47.8. The summed E-state index contributed by atoms with van der Waals surface area (Å²) in [7, 11) is 0. The third-order valence-electron chi connectivity index (χ3n) is 11.3. The van der Waals surface area contributed by atoms with Gasteiger partial charge in [0.15, 0.2) is 0 Å². The maximum atomic E-state index is 12.8. The standard InChI is InChI=1S/C28H29N5O3.C26H27N5O/c34-27(24-14-6-4-12-22(24)23-13-5-7-15-25(23)28(35)36)30-17-8-2-1-3-9-18-33-20-26(31-32-33)21-11-10-16-29-19-21;32-26(24-15-7-6-14-23(24)21-11-4-3-5-12-21)28-17-8-1-2-9-18-31-20-25(29-30-31)22-13-10-16-27-19-22/h4-7,10-16,19-20H,1-3,8-9,17-18H2,(H,30,34)(H,35,36);3-7,10-16,19-20H,1-2,8-9,17-18H2,(H,28,32). The number of carboxylic acids is 1. The zero-order valence-electron chi connectivity index (χ0n) is 38.0. The van der Waals surface area contributed by atoms with Gasteiger partial charge in [0, 0.05) is 73.2 Å². The fourth-order valence-electron chi connectivity index (χ4n) is 7.76. The van der Waals surface area contributed by atoms with Gasteiger partial charge in [0.25, 0.3) is 11.8 Å². The summed E-state index contributed by atoms with van der Waals surface area (Å²) in [5.41, 5.74) is 8.15. The van der Waals surface area contributed by atoms with E-state index >= 15 is 0 Å². The van der Waals surface area contributed by atoms with Crippen molar-refractivity contribution >= 4 is 17.8 Å². The first-order chi connectivity index (χ1) is 33.4. The van der Waals surface area contributed by atoms with Gasteiger partial charge in [-0.05, 0) is 90.4 Å². The van der Waals surface area contributed by atoms with Gasteiger partial charge in [-0.2, -0.15) is 0 Å². The van der Waals surface area contributed by atoms with Gasteiger partial charge < -0.3 is 15.7 Å². The molecule has 0 atom stereocenters. The monoisotopic (exact) mass is 908 g/mol. The van der Waals surface area contributed by atoms with E-state index in [1.807, 2.05) is 107 Å². The first-order valence-corrected chi connectivity index (χ1v) is 23.2. The van der Waals surface area contributed by atoms with E-state index in [4.69, 9.17) is 0 Å². The molecule has 2 amide bonds. The van der Waals surface area contributed by atoms with Crippen LogP contribution in [0.1, 0.15) is 88.9 Å². The van der Waals surface area contributed by atoms with Crippen LogP contribution in [-0.4, -0.2) is 75.9 Å². The van der Waals surface area contributed by atoms with Crippen LogP contribution in [0.25, 0.3) is 44.8 Å². The van der Waals surface area contributed by atoms with Crippen LogP contribution in [0.2, 0.25) is 0 Å². The number of carbonyl (C=O) groups excluding carboxylic acids is 2. The predicted octanol–water partition coefficient (Wildman–Crippen LogP) is 10.1. The van der Waals surface area contributed by atoms with Gasteiger partial charge in [0.1, 0.15) is 11.4 Å². The lowest BCUT2D eigenvalue weighted by Gasteiger charge is -2.12. The molecule has 4 aromatic carbocycles. The Bertz CT molecular complexity index is 2810. The number of carbonyl (C=O) groups is 3. The molecule has 4 heterocycles. The Morgan fingerprint density at radius 2 is 0.853 bits per heavy atom. The zero-order valence-corrected chi connectivity index (χ0v) is 38.0. The number of aryl methyl sites for hydroxylation is 2. The molecule has 0 saturated carbocycles. The van der Waals surface area contributed by atoms with Crippen LogP contribution in [0.3, 0.4) is 0 Å². The van der Waals surface area contributed by atoms with Gasteiger partial charge in [-0.15, -0.1) is 10.2 Å². The number of benzene rings is 4. The second-order valence-corrected chi connectivity index (χ2v) is 16.2. The minimum atomic E-state index is -1.02. The third-order valence-corrected chi connectivity index (χ3v) is 11.3. The Balaban J connectivity index is 0.000000203. The summed E-state index contributed by atoms with van der Waals surface area (Å²) >= 11 is 0. The number of carboxylic acid groups (broad SMARTS) is 1. The van der Waals surface area contributed by atoms with Crippen LogP contribution in [0.15, 0.2) is 165 Å². The normalized spacial score (nSPS) is 10.8. The molecule has 0 spiro atoms. The maximum absolute atomic E-state index is 12.8. The van der Waals surface area contributed by atoms with E-state index in [-0.39, 0.29) is 17.4 Å². The zero-order chi connectivity index (χ0) is 47.2. The molecule has 3 N–H and O–H groups in total. The molecule has 8 aromatic rings. The lowest BCUT2D eigenvalue weighted by Crippen LogP contribution is -2.25. The highest BCUT2D eigenvalue weighted by Crippen LogP contribution is 2.28. The van der Waals surface area contributed by atoms with Crippen molar-refractivity contribution in [1.29, 1.82) is 0 Å². The highest BCUT2D eigenvalue weighted by Gasteiger charge is 2.17. The van der Waals surface area contributed by atoms with Crippen LogP contribution in [0.5, 0.6) is 0 Å². The Hall–Kier alpha value is -8.13. The van der Waals surface area contributed by atoms with Crippen LogP contribution >= 0.6 is 0 Å². The first-order valence-electron chi connectivity index (χ1n) is 23.2. The fraction of sp³-hybridized carbons (Fsp3) is 0.241. The molecule has 0 bridgehead atoms. The molecular formula is C54H56N10O4. The van der Waals surface area contributed by atoms with Gasteiger partial charge in [-0.1, -0.05) is 127 Å². The van der Waals surface area contributed by atoms with E-state index in [1.165, 1.54) is 0 Å². The van der Waals surface area contributed by atoms with Crippen molar-refractivity contribution in [3.8, 4) is 44.8 Å². The number of nitrogens with one attached hydrogen (secondary N) is 2. The molecule has 0 unspecified atom stereocenters. The summed E-state index contributed by atoms with van der Waals surface area (Å²) in [6.45, 7) is 2.91.